The summed E-state index contributed by atoms with van der Waals surface area (Å²) in [6.07, 6.45) is 8.35. The highest BCUT2D eigenvalue weighted by molar-refractivity contribution is 14.1. The minimum absolute atomic E-state index is 0.0204. The highest BCUT2D eigenvalue weighted by atomic mass is 127. The van der Waals surface area contributed by atoms with E-state index >= 15 is 0 Å². The molecular weight excluding hydrogens is 1620 g/mol. The van der Waals surface area contributed by atoms with E-state index in [0.717, 1.165) is 22.0 Å². The number of anilines is 2. The van der Waals surface area contributed by atoms with Crippen molar-refractivity contribution in [3.63, 3.8) is 0 Å². The van der Waals surface area contributed by atoms with E-state index < -0.39 is 83.3 Å². The van der Waals surface area contributed by atoms with E-state index in [9.17, 15) is 67.7 Å². The number of Topliss-reactive ketones (excluding diaryl/α,β-unsaturated/α-hetero) is 2. The number of nitrogens with two attached hydrogens (primary N) is 4. The summed E-state index contributed by atoms with van der Waals surface area (Å²) in [6.45, 7) is 4.37. The number of aromatic nitrogens is 3. The van der Waals surface area contributed by atoms with Crippen molar-refractivity contribution < 1.29 is 87.1 Å². The number of nitrogens with one attached hydrogen (secondary N) is 7. The van der Waals surface area contributed by atoms with Gasteiger partial charge >= 0.3 is 30.0 Å². The average molecular weight is 1740 g/mol. The molecule has 1 aliphatic heterocycles. The maximum absolute atomic E-state index is 14.0. The molecule has 1 aromatic heterocycles. The Morgan fingerprint density at radius 3 is 1.76 bits per heavy atom. The second kappa shape index (κ2) is 55.2. The number of nitrogens with zero attached hydrogens (tertiary/aromatic N) is 7. The van der Waals surface area contributed by atoms with Crippen molar-refractivity contribution in [3.8, 4) is 11.3 Å². The zero-order valence-corrected chi connectivity index (χ0v) is 68.3. The molecule has 18 N–H and O–H groups in total. The molecular formula is C77H115IN18O18S. The molecule has 38 heteroatoms. The number of halogens is 1. The van der Waals surface area contributed by atoms with Crippen molar-refractivity contribution in [3.05, 3.63) is 93.7 Å². The third-order valence-corrected chi connectivity index (χ3v) is 19.7. The minimum Gasteiger partial charge on any atom is -0.481 e. The Kier molecular flexibility index (Phi) is 46.2. The minimum atomic E-state index is -1.22. The first-order chi connectivity index (χ1) is 55.2. The van der Waals surface area contributed by atoms with Crippen LogP contribution in [0.3, 0.4) is 0 Å². The number of carbonyl (C=O) groups excluding carboxylic acids is 9. The first-order valence-electron chi connectivity index (χ1n) is 38.9. The molecule has 1 saturated heterocycles. The Bertz CT molecular complexity index is 3730. The van der Waals surface area contributed by atoms with Gasteiger partial charge < -0.3 is 89.7 Å². The molecule has 5 rings (SSSR count). The number of benzene rings is 3. The number of carboxylic acid groups (broad SMARTS) is 3. The Morgan fingerprint density at radius 1 is 0.539 bits per heavy atom. The number of thiocarbonyl (C=S) groups is 1. The quantitative estimate of drug-likeness (QED) is 0.0172. The fourth-order valence-electron chi connectivity index (χ4n) is 12.7. The summed E-state index contributed by atoms with van der Waals surface area (Å²) in [6, 6.07) is 19.0. The molecule has 1 fully saturated rings. The molecule has 1 aliphatic rings. The van der Waals surface area contributed by atoms with E-state index in [1.807, 2.05) is 62.1 Å². The van der Waals surface area contributed by atoms with Gasteiger partial charge in [-0.15, -0.1) is 5.10 Å². The second-order valence-electron chi connectivity index (χ2n) is 28.2. The van der Waals surface area contributed by atoms with E-state index in [2.05, 4.69) is 82.3 Å². The first-order valence-corrected chi connectivity index (χ1v) is 40.4. The van der Waals surface area contributed by atoms with Gasteiger partial charge in [-0.25, -0.2) is 19.1 Å². The molecule has 0 radical (unpaired) electrons. The van der Waals surface area contributed by atoms with Gasteiger partial charge in [-0.2, -0.15) is 0 Å². The molecule has 2 heterocycles. The molecule has 634 valence electrons. The van der Waals surface area contributed by atoms with Gasteiger partial charge in [0.15, 0.2) is 10.9 Å². The number of aryl methyl sites for hydroxylation is 1. The standard InChI is InChI=1S/C77H115IN18O18S/c78-58-24-20-54(21-25-58)11-8-16-62(97)15-3-1-2-12-57(73(106)107)47-66(98)63(17-4-7-30-85-77(115)87-59-26-22-55(23-27-59)45-61-48-94(52-69(81)101)35-34-92(50-67(79)99)32-33-93(51-68(80)100)36-37-95(61)53-70(82)102)88-71(103)28-39-112-41-43-114-44-42-113-40-38-96-49-65(90-91-96)56-13-9-14-60(46-56)86-75(110)83-29-6-5-18-64(74(108)109)89-76(111)84-31-10-19-72(104)105/h9,13-14,20-27,46,49,57,61,63-64H,1-8,10-12,15-19,28-45,47-48,50-53H2,(H2,79,99)(H2,80,100)(H2,81,101)(H2,82,102)(H,88,103)(H,104,105)(H,106,107)(H,108,109)(H2,83,86,110)(H2,84,89,111)(H2,85,87,115). The number of hydrogen-bond donors (Lipinski definition) is 14. The average Bonchev–Trinajstić information content (AvgIpc) is 1.84. The molecule has 0 bridgehead atoms. The number of amides is 9. The number of primary amides is 4. The largest absolute Gasteiger partial charge is 0.481 e. The van der Waals surface area contributed by atoms with Gasteiger partial charge in [0.05, 0.1) is 90.5 Å². The number of ketones is 2. The maximum atomic E-state index is 14.0. The van der Waals surface area contributed by atoms with Gasteiger partial charge in [-0.05, 0) is 159 Å². The van der Waals surface area contributed by atoms with E-state index in [1.54, 1.807) is 29.1 Å². The van der Waals surface area contributed by atoms with Crippen LogP contribution in [0.2, 0.25) is 0 Å². The number of carbonyl (C=O) groups is 12. The van der Waals surface area contributed by atoms with Crippen LogP contribution in [-0.4, -0.2) is 275 Å². The van der Waals surface area contributed by atoms with Crippen LogP contribution in [0.1, 0.15) is 120 Å². The Balaban J connectivity index is 1.05. The summed E-state index contributed by atoms with van der Waals surface area (Å²) in [5.74, 6) is -7.25. The van der Waals surface area contributed by atoms with Crippen LogP contribution in [0.25, 0.3) is 11.3 Å². The van der Waals surface area contributed by atoms with Crippen molar-refractivity contribution in [1.29, 1.82) is 0 Å². The van der Waals surface area contributed by atoms with E-state index in [-0.39, 0.29) is 129 Å². The summed E-state index contributed by atoms with van der Waals surface area (Å²) in [7, 11) is 0. The van der Waals surface area contributed by atoms with Crippen LogP contribution in [0.5, 0.6) is 0 Å². The summed E-state index contributed by atoms with van der Waals surface area (Å²) >= 11 is 7.91. The lowest BCUT2D eigenvalue weighted by molar-refractivity contribution is -0.144. The van der Waals surface area contributed by atoms with E-state index in [1.165, 1.54) is 5.56 Å². The lowest BCUT2D eigenvalue weighted by Gasteiger charge is -2.38. The third kappa shape index (κ3) is 43.2. The van der Waals surface area contributed by atoms with Gasteiger partial charge in [0.1, 0.15) is 17.5 Å². The van der Waals surface area contributed by atoms with Crippen LogP contribution in [-0.2, 0) is 81.5 Å². The highest BCUT2D eigenvalue weighted by Crippen LogP contribution is 2.23. The SMILES string of the molecule is NC(=O)CN1CCN(CC(N)=O)CCN(CC(N)=O)C(Cc2ccc(NC(=S)NCCCCC(NC(=O)CCOCCOCCOCCn3cc(-c4cccc(NC(=O)NCCCCC(NC(=O)NCCCC(=O)O)C(=O)O)c4)nn3)C(=O)CC(CCCCCC(=O)CCCc3ccc(I)cc3)C(=O)O)cc2)CN(CC(N)=O)CC1. The number of aliphatic carboxylic acids is 3. The van der Waals surface area contributed by atoms with Crippen LogP contribution in [0, 0.1) is 9.49 Å². The normalized spacial score (nSPS) is 14.6. The lowest BCUT2D eigenvalue weighted by atomic mass is 9.91. The van der Waals surface area contributed by atoms with Crippen molar-refractivity contribution in [1.82, 2.24) is 61.2 Å². The number of ether oxygens (including phenoxy) is 3. The Morgan fingerprint density at radius 2 is 1.11 bits per heavy atom. The molecule has 0 spiro atoms. The van der Waals surface area contributed by atoms with Crippen molar-refractivity contribution in [2.45, 2.75) is 147 Å². The molecule has 3 aromatic carbocycles. The fourth-order valence-corrected chi connectivity index (χ4v) is 13.2. The van der Waals surface area contributed by atoms with Crippen molar-refractivity contribution >= 4 is 122 Å². The molecule has 0 aliphatic carbocycles. The summed E-state index contributed by atoms with van der Waals surface area (Å²) in [4.78, 5) is 156. The second-order valence-corrected chi connectivity index (χ2v) is 29.9. The highest BCUT2D eigenvalue weighted by Gasteiger charge is 2.30. The smallest absolute Gasteiger partial charge is 0.326 e. The number of rotatable bonds is 56. The maximum Gasteiger partial charge on any atom is 0.326 e. The molecule has 0 saturated carbocycles. The van der Waals surface area contributed by atoms with E-state index in [4.69, 9.17) is 54.5 Å². The predicted octanol–water partition coefficient (Wildman–Crippen LogP) is 2.82. The number of carboxylic acids is 3. The van der Waals surface area contributed by atoms with Gasteiger partial charge in [0, 0.05) is 124 Å². The molecule has 4 unspecified atom stereocenters. The number of unbranched alkanes of at least 4 members (excludes halogenated alkanes) is 4. The number of hydrogen-bond acceptors (Lipinski definition) is 22. The van der Waals surface area contributed by atoms with Gasteiger partial charge in [0.25, 0.3) is 0 Å². The molecule has 4 aromatic rings. The Labute approximate surface area is 689 Å². The van der Waals surface area contributed by atoms with Crippen LogP contribution >= 0.6 is 34.8 Å². The molecule has 9 amide bonds. The summed E-state index contributed by atoms with van der Waals surface area (Å²) in [5, 5.41) is 56.8. The number of urea groups is 2. The third-order valence-electron chi connectivity index (χ3n) is 18.7. The van der Waals surface area contributed by atoms with Crippen molar-refractivity contribution in [2.24, 2.45) is 28.9 Å². The zero-order chi connectivity index (χ0) is 83.7. The first kappa shape index (κ1) is 96.2. The monoisotopic (exact) mass is 1740 g/mol. The molecule has 4 atom stereocenters. The summed E-state index contributed by atoms with van der Waals surface area (Å²) < 4.78 is 19.9. The zero-order valence-electron chi connectivity index (χ0n) is 65.3. The lowest BCUT2D eigenvalue weighted by Crippen LogP contribution is -2.54. The molecule has 115 heavy (non-hydrogen) atoms. The topological polar surface area (TPSA) is 525 Å². The van der Waals surface area contributed by atoms with Crippen LogP contribution in [0.15, 0.2) is 79.0 Å². The van der Waals surface area contributed by atoms with Crippen LogP contribution in [0.4, 0.5) is 21.0 Å². The van der Waals surface area contributed by atoms with Gasteiger partial charge in [-0.3, -0.25) is 62.8 Å². The predicted molar refractivity (Wildman–Crippen MR) is 441 cm³/mol. The molecule has 36 nitrogen and oxygen atoms in total. The van der Waals surface area contributed by atoms with E-state index in [0.29, 0.717) is 157 Å². The van der Waals surface area contributed by atoms with Crippen molar-refractivity contribution in [2.75, 3.05) is 142 Å². The van der Waals surface area contributed by atoms with Gasteiger partial charge in [-0.1, -0.05) is 54.5 Å². The van der Waals surface area contributed by atoms with Crippen LogP contribution < -0.4 is 60.2 Å². The summed E-state index contributed by atoms with van der Waals surface area (Å²) in [5.41, 5.74) is 27.2. The fraction of sp³-hybridized carbons (Fsp3) is 0.571. The Hall–Kier alpha value is -9.42. The van der Waals surface area contributed by atoms with Gasteiger partial charge in [0.2, 0.25) is 29.5 Å².